The molecule has 4 aromatic carbocycles. The van der Waals surface area contributed by atoms with Gasteiger partial charge < -0.3 is 14.7 Å². The molecule has 12 heteroatoms. The number of carboxylic acids is 1. The number of carbonyl (C=O) groups excluding carboxylic acids is 3. The van der Waals surface area contributed by atoms with Gasteiger partial charge >= 0.3 is 11.9 Å². The summed E-state index contributed by atoms with van der Waals surface area (Å²) >= 11 is 3.23. The zero-order valence-electron chi connectivity index (χ0n) is 29.8. The lowest BCUT2D eigenvalue weighted by molar-refractivity contribution is -0.145. The highest BCUT2D eigenvalue weighted by molar-refractivity contribution is 9.10. The number of ketones is 2. The van der Waals surface area contributed by atoms with Crippen molar-refractivity contribution in [2.75, 3.05) is 19.6 Å². The second-order valence-electron chi connectivity index (χ2n) is 11.0. The van der Waals surface area contributed by atoms with Crippen molar-refractivity contribution in [2.24, 2.45) is 0 Å². The van der Waals surface area contributed by atoms with Crippen molar-refractivity contribution in [1.82, 2.24) is 4.90 Å². The Kier molecular flexibility index (Phi) is 23.8. The summed E-state index contributed by atoms with van der Waals surface area (Å²) in [5.41, 5.74) is 0.397. The summed E-state index contributed by atoms with van der Waals surface area (Å²) in [7, 11) is 0. The van der Waals surface area contributed by atoms with Crippen LogP contribution in [0.3, 0.4) is 0 Å². The first kappa shape index (κ1) is 48.3. The lowest BCUT2D eigenvalue weighted by Gasteiger charge is -2.13. The maximum atomic E-state index is 13.5. The molecule has 4 rings (SSSR count). The van der Waals surface area contributed by atoms with Gasteiger partial charge in [0, 0.05) is 22.3 Å². The Morgan fingerprint density at radius 1 is 0.623 bits per heavy atom. The Balaban J connectivity index is 0.000000742. The van der Waals surface area contributed by atoms with E-state index < -0.39 is 59.7 Å². The van der Waals surface area contributed by atoms with E-state index in [2.05, 4.69) is 41.6 Å². The molecule has 0 saturated heterocycles. The van der Waals surface area contributed by atoms with E-state index in [1.807, 2.05) is 37.3 Å². The Labute approximate surface area is 318 Å². The molecular formula is C41H48BrF4NO6. The minimum Gasteiger partial charge on any atom is -0.481 e. The highest BCUT2D eigenvalue weighted by Crippen LogP contribution is 2.15. The van der Waals surface area contributed by atoms with Crippen LogP contribution < -0.4 is 0 Å². The molecule has 0 aliphatic carbocycles. The number of esters is 1. The van der Waals surface area contributed by atoms with Crippen molar-refractivity contribution in [3.05, 3.63) is 143 Å². The van der Waals surface area contributed by atoms with Crippen LogP contribution in [0.2, 0.25) is 0 Å². The Morgan fingerprint density at radius 3 is 1.30 bits per heavy atom. The predicted molar refractivity (Wildman–Crippen MR) is 203 cm³/mol. The molecule has 0 spiro atoms. The van der Waals surface area contributed by atoms with Crippen molar-refractivity contribution in [2.45, 2.75) is 65.8 Å². The molecule has 2 atom stereocenters. The fourth-order valence-corrected chi connectivity index (χ4v) is 4.59. The summed E-state index contributed by atoms with van der Waals surface area (Å²) in [5.74, 6) is -5.64. The van der Waals surface area contributed by atoms with Gasteiger partial charge in [0.05, 0.1) is 17.7 Å². The maximum Gasteiger partial charge on any atom is 0.311 e. The molecule has 0 heterocycles. The number of ether oxygens (including phenoxy) is 1. The summed E-state index contributed by atoms with van der Waals surface area (Å²) in [6.07, 6.45) is -2.21. The first-order chi connectivity index (χ1) is 24.7. The van der Waals surface area contributed by atoms with Gasteiger partial charge in [-0.1, -0.05) is 117 Å². The van der Waals surface area contributed by atoms with E-state index in [9.17, 15) is 36.7 Å². The fraction of sp³-hybridized carbons (Fsp3) is 0.317. The van der Waals surface area contributed by atoms with Gasteiger partial charge in [0.15, 0.2) is 11.9 Å². The third kappa shape index (κ3) is 18.1. The van der Waals surface area contributed by atoms with Crippen LogP contribution in [0.15, 0.2) is 97.1 Å². The molecule has 0 aliphatic rings. The minimum atomic E-state index is -1.25. The van der Waals surface area contributed by atoms with E-state index in [0.29, 0.717) is 5.56 Å². The third-order valence-corrected chi connectivity index (χ3v) is 7.69. The van der Waals surface area contributed by atoms with Crippen LogP contribution in [0.25, 0.3) is 0 Å². The zero-order chi connectivity index (χ0) is 39.2. The average molecular weight is 807 g/mol. The number of benzene rings is 4. The monoisotopic (exact) mass is 805 g/mol. The summed E-state index contributed by atoms with van der Waals surface area (Å²) in [4.78, 5) is 47.5. The number of hydrogen-bond donors (Lipinski definition) is 1. The number of rotatable bonds is 12. The summed E-state index contributed by atoms with van der Waals surface area (Å²) in [6, 6.07) is 24.2. The van der Waals surface area contributed by atoms with Gasteiger partial charge in [0.1, 0.15) is 23.3 Å². The zero-order valence-corrected chi connectivity index (χ0v) is 31.3. The summed E-state index contributed by atoms with van der Waals surface area (Å²) in [6.45, 7) is 13.4. The Bertz CT molecular complexity index is 1660. The van der Waals surface area contributed by atoms with Crippen LogP contribution >= 0.6 is 15.9 Å². The van der Waals surface area contributed by atoms with E-state index in [-0.39, 0.29) is 29.4 Å². The Morgan fingerprint density at radius 2 is 0.981 bits per heavy atom. The number of aliphatic carboxylic acids is 1. The van der Waals surface area contributed by atoms with Crippen LogP contribution in [0, 0.1) is 23.3 Å². The van der Waals surface area contributed by atoms with E-state index in [4.69, 9.17) is 9.84 Å². The molecule has 1 N–H and O–H groups in total. The lowest BCUT2D eigenvalue weighted by Crippen LogP contribution is -2.25. The standard InChI is InChI=1S/C17H14F2O3.C9H9BrO.C8H6F2O2.C6H15N.CH4/c1-11(17(21)12-6-3-2-4-7-12)22-16(20)10-13-14(18)8-5-9-15(13)19;1-7(10)9(11)8-5-3-2-4-6-8;9-6-2-1-3-7(10)5(6)4-8(11)12;1-4-7(5-2)6-3;/h2-9,11H,10H2,1H3;2-7H,1H3;1-3H,4H2,(H,11,12);4-6H2,1-3H3;1H4. The molecular weight excluding hydrogens is 758 g/mol. The lowest BCUT2D eigenvalue weighted by atomic mass is 10.1. The molecule has 0 amide bonds. The van der Waals surface area contributed by atoms with Crippen LogP contribution in [0.1, 0.15) is 73.9 Å². The maximum absolute atomic E-state index is 13.5. The summed E-state index contributed by atoms with van der Waals surface area (Å²) < 4.78 is 57.3. The second kappa shape index (κ2) is 26.1. The Hall–Kier alpha value is -4.68. The number of nitrogens with zero attached hydrogens (tertiary/aromatic N) is 1. The number of carboxylic acid groups (broad SMARTS) is 1. The van der Waals surface area contributed by atoms with Crippen molar-refractivity contribution in [3.8, 4) is 0 Å². The molecule has 0 bridgehead atoms. The minimum absolute atomic E-state index is 0. The van der Waals surface area contributed by atoms with Crippen LogP contribution in [-0.4, -0.2) is 64.1 Å². The number of alkyl halides is 1. The quantitative estimate of drug-likeness (QED) is 0.0659. The van der Waals surface area contributed by atoms with E-state index in [1.165, 1.54) is 38.7 Å². The molecule has 0 aromatic heterocycles. The first-order valence-electron chi connectivity index (χ1n) is 16.5. The topological polar surface area (TPSA) is 101 Å². The van der Waals surface area contributed by atoms with Gasteiger partial charge in [-0.2, -0.15) is 0 Å². The van der Waals surface area contributed by atoms with Crippen molar-refractivity contribution in [3.63, 3.8) is 0 Å². The molecule has 0 fully saturated rings. The van der Waals surface area contributed by atoms with Gasteiger partial charge in [-0.15, -0.1) is 0 Å². The predicted octanol–water partition coefficient (Wildman–Crippen LogP) is 9.55. The summed E-state index contributed by atoms with van der Waals surface area (Å²) in [5, 5.41) is 8.28. The van der Waals surface area contributed by atoms with Gasteiger partial charge in [-0.25, -0.2) is 17.6 Å². The molecule has 7 nitrogen and oxygen atoms in total. The van der Waals surface area contributed by atoms with Crippen molar-refractivity contribution < 1.29 is 46.6 Å². The highest BCUT2D eigenvalue weighted by Gasteiger charge is 2.21. The van der Waals surface area contributed by atoms with Crippen LogP contribution in [-0.2, 0) is 27.2 Å². The van der Waals surface area contributed by atoms with E-state index in [0.717, 1.165) is 29.8 Å². The normalized spacial score (nSPS) is 11.1. The average Bonchev–Trinajstić information content (AvgIpc) is 3.13. The van der Waals surface area contributed by atoms with Crippen molar-refractivity contribution >= 4 is 39.4 Å². The molecule has 53 heavy (non-hydrogen) atoms. The molecule has 4 aromatic rings. The fourth-order valence-electron chi connectivity index (χ4n) is 4.33. The SMILES string of the molecule is C.CC(Br)C(=O)c1ccccc1.CC(OC(=O)Cc1c(F)cccc1F)C(=O)c1ccccc1.CCN(CC)CC.O=C(O)Cc1c(F)cccc1F. The van der Waals surface area contributed by atoms with Gasteiger partial charge in [0.25, 0.3) is 0 Å². The molecule has 288 valence electrons. The third-order valence-electron chi connectivity index (χ3n) is 7.27. The second-order valence-corrected chi connectivity index (χ2v) is 12.3. The largest absolute Gasteiger partial charge is 0.481 e. The number of carbonyl (C=O) groups is 4. The number of hydrogen-bond acceptors (Lipinski definition) is 6. The van der Waals surface area contributed by atoms with Crippen LogP contribution in [0.5, 0.6) is 0 Å². The molecule has 0 aliphatic heterocycles. The molecule has 0 saturated carbocycles. The van der Waals surface area contributed by atoms with Gasteiger partial charge in [0.2, 0.25) is 5.78 Å². The smallest absolute Gasteiger partial charge is 0.311 e. The first-order valence-corrected chi connectivity index (χ1v) is 17.4. The van der Waals surface area contributed by atoms with Gasteiger partial charge in [-0.05, 0) is 57.7 Å². The number of halogens is 5. The molecule has 2 unspecified atom stereocenters. The molecule has 0 radical (unpaired) electrons. The van der Waals surface area contributed by atoms with E-state index >= 15 is 0 Å². The van der Waals surface area contributed by atoms with Crippen molar-refractivity contribution in [1.29, 1.82) is 0 Å². The highest BCUT2D eigenvalue weighted by atomic mass is 79.9. The van der Waals surface area contributed by atoms with Gasteiger partial charge in [-0.3, -0.25) is 19.2 Å². The van der Waals surface area contributed by atoms with Crippen LogP contribution in [0.4, 0.5) is 17.6 Å². The van der Waals surface area contributed by atoms with E-state index in [1.54, 1.807) is 30.3 Å². The number of Topliss-reactive ketones (excluding diaryl/α,β-unsaturated/α-hetero) is 2.